The Balaban J connectivity index is 1.80. The van der Waals surface area contributed by atoms with Crippen molar-refractivity contribution in [2.75, 3.05) is 43.9 Å². The Morgan fingerprint density at radius 1 is 1.27 bits per heavy atom. The minimum absolute atomic E-state index is 0.264. The average molecular weight is 328 g/mol. The highest BCUT2D eigenvalue weighted by Crippen LogP contribution is 2.32. The monoisotopic (exact) mass is 328 g/mol. The summed E-state index contributed by atoms with van der Waals surface area (Å²) in [7, 11) is -3.22. The molecule has 22 heavy (non-hydrogen) atoms. The molecular formula is C15H21FN2O3S. The zero-order valence-electron chi connectivity index (χ0n) is 12.7. The fourth-order valence-electron chi connectivity index (χ4n) is 3.33. The Bertz CT molecular complexity index is 648. The quantitative estimate of drug-likeness (QED) is 0.825. The maximum atomic E-state index is 13.4. The van der Waals surface area contributed by atoms with E-state index in [1.807, 2.05) is 6.07 Å². The smallest absolute Gasteiger partial charge is 0.211 e. The molecule has 1 spiro atoms. The molecule has 5 nitrogen and oxygen atoms in total. The van der Waals surface area contributed by atoms with E-state index in [1.165, 1.54) is 22.7 Å². The van der Waals surface area contributed by atoms with Gasteiger partial charge in [-0.25, -0.2) is 12.8 Å². The molecular weight excluding hydrogens is 307 g/mol. The summed E-state index contributed by atoms with van der Waals surface area (Å²) in [5.41, 5.74) is 0.325. The van der Waals surface area contributed by atoms with Gasteiger partial charge < -0.3 is 9.64 Å². The number of morpholine rings is 1. The van der Waals surface area contributed by atoms with Gasteiger partial charge in [-0.2, -0.15) is 4.31 Å². The van der Waals surface area contributed by atoms with Gasteiger partial charge in [0.1, 0.15) is 5.82 Å². The molecule has 2 heterocycles. The maximum Gasteiger partial charge on any atom is 0.211 e. The van der Waals surface area contributed by atoms with Gasteiger partial charge in [0.2, 0.25) is 10.0 Å². The molecule has 0 amide bonds. The lowest BCUT2D eigenvalue weighted by molar-refractivity contribution is -0.0948. The number of anilines is 1. The number of ether oxygens (including phenoxy) is 1. The van der Waals surface area contributed by atoms with Crippen molar-refractivity contribution in [3.8, 4) is 0 Å². The summed E-state index contributed by atoms with van der Waals surface area (Å²) in [6.45, 7) is 2.60. The summed E-state index contributed by atoms with van der Waals surface area (Å²) in [6, 6.07) is 6.50. The summed E-state index contributed by atoms with van der Waals surface area (Å²) in [6.07, 6.45) is 2.96. The number of halogens is 1. The van der Waals surface area contributed by atoms with Crippen LogP contribution in [0.1, 0.15) is 12.8 Å². The Morgan fingerprint density at radius 2 is 2.09 bits per heavy atom. The van der Waals surface area contributed by atoms with Crippen LogP contribution in [0.2, 0.25) is 0 Å². The van der Waals surface area contributed by atoms with Gasteiger partial charge >= 0.3 is 0 Å². The molecule has 1 aromatic carbocycles. The Kier molecular flexibility index (Phi) is 4.13. The molecule has 0 aromatic heterocycles. The highest BCUT2D eigenvalue weighted by atomic mass is 32.2. The largest absolute Gasteiger partial charge is 0.370 e. The zero-order valence-corrected chi connectivity index (χ0v) is 13.5. The van der Waals surface area contributed by atoms with Crippen LogP contribution >= 0.6 is 0 Å². The number of benzene rings is 1. The average Bonchev–Trinajstić information content (AvgIpc) is 2.46. The lowest BCUT2D eigenvalue weighted by Crippen LogP contribution is -2.60. The molecule has 2 fully saturated rings. The van der Waals surface area contributed by atoms with Crippen molar-refractivity contribution in [3.05, 3.63) is 30.1 Å². The first kappa shape index (κ1) is 15.7. The van der Waals surface area contributed by atoms with Gasteiger partial charge in [0.25, 0.3) is 0 Å². The van der Waals surface area contributed by atoms with E-state index in [-0.39, 0.29) is 5.82 Å². The molecule has 2 aliphatic rings. The van der Waals surface area contributed by atoms with Crippen LogP contribution in [0.5, 0.6) is 0 Å². The van der Waals surface area contributed by atoms with E-state index in [9.17, 15) is 12.8 Å². The zero-order chi connectivity index (χ0) is 15.8. The minimum atomic E-state index is -3.22. The van der Waals surface area contributed by atoms with Gasteiger partial charge in [0.15, 0.2) is 0 Å². The second-order valence-corrected chi connectivity index (χ2v) is 8.12. The van der Waals surface area contributed by atoms with Gasteiger partial charge in [-0.3, -0.25) is 0 Å². The predicted octanol–water partition coefficient (Wildman–Crippen LogP) is 1.46. The molecule has 3 rings (SSSR count). The predicted molar refractivity (Wildman–Crippen MR) is 82.9 cm³/mol. The van der Waals surface area contributed by atoms with Crippen molar-refractivity contribution in [1.82, 2.24) is 4.31 Å². The van der Waals surface area contributed by atoms with Crippen LogP contribution in [0.4, 0.5) is 10.1 Å². The fourth-order valence-corrected chi connectivity index (χ4v) is 4.21. The minimum Gasteiger partial charge on any atom is -0.370 e. The first-order valence-electron chi connectivity index (χ1n) is 7.48. The number of hydrogen-bond donors (Lipinski definition) is 0. The second kappa shape index (κ2) is 5.79. The number of hydrogen-bond acceptors (Lipinski definition) is 4. The van der Waals surface area contributed by atoms with E-state index in [0.29, 0.717) is 26.2 Å². The highest BCUT2D eigenvalue weighted by molar-refractivity contribution is 7.88. The number of piperidine rings is 1. The van der Waals surface area contributed by atoms with E-state index >= 15 is 0 Å². The van der Waals surface area contributed by atoms with E-state index in [1.54, 1.807) is 6.07 Å². The van der Waals surface area contributed by atoms with Gasteiger partial charge in [0, 0.05) is 31.9 Å². The SMILES string of the molecule is CS(=O)(=O)N1CCO[C@]2(CCCN(c3cccc(F)c3)C2)C1. The van der Waals surface area contributed by atoms with Crippen LogP contribution in [-0.4, -0.2) is 57.4 Å². The standard InChI is InChI=1S/C15H21FN2O3S/c1-22(19,20)18-8-9-21-15(12-18)6-3-7-17(11-15)14-5-2-4-13(16)10-14/h2,4-5,10H,3,6-9,11-12H2,1H3/t15-/m0/s1. The first-order valence-corrected chi connectivity index (χ1v) is 9.32. The van der Waals surface area contributed by atoms with Crippen molar-refractivity contribution in [2.24, 2.45) is 0 Å². The van der Waals surface area contributed by atoms with Gasteiger partial charge in [0.05, 0.1) is 18.5 Å². The molecule has 2 aliphatic heterocycles. The molecule has 1 atom stereocenters. The van der Waals surface area contributed by atoms with Crippen molar-refractivity contribution in [1.29, 1.82) is 0 Å². The molecule has 0 radical (unpaired) electrons. The Hall–Kier alpha value is -1.18. The Morgan fingerprint density at radius 3 is 2.82 bits per heavy atom. The van der Waals surface area contributed by atoms with E-state index in [0.717, 1.165) is 25.1 Å². The lowest BCUT2D eigenvalue weighted by atomic mass is 9.91. The van der Waals surface area contributed by atoms with E-state index in [2.05, 4.69) is 4.90 Å². The molecule has 0 unspecified atom stereocenters. The van der Waals surface area contributed by atoms with Crippen LogP contribution in [0.15, 0.2) is 24.3 Å². The van der Waals surface area contributed by atoms with Crippen LogP contribution in [0.25, 0.3) is 0 Å². The number of nitrogens with zero attached hydrogens (tertiary/aromatic N) is 2. The van der Waals surface area contributed by atoms with Crippen LogP contribution in [0.3, 0.4) is 0 Å². The molecule has 2 saturated heterocycles. The molecule has 122 valence electrons. The van der Waals surface area contributed by atoms with E-state index in [4.69, 9.17) is 4.74 Å². The summed E-state index contributed by atoms with van der Waals surface area (Å²) in [4.78, 5) is 2.08. The first-order chi connectivity index (χ1) is 10.4. The molecule has 0 saturated carbocycles. The van der Waals surface area contributed by atoms with Crippen molar-refractivity contribution in [2.45, 2.75) is 18.4 Å². The van der Waals surface area contributed by atoms with E-state index < -0.39 is 15.6 Å². The normalized spacial score (nSPS) is 27.3. The third kappa shape index (κ3) is 3.26. The van der Waals surface area contributed by atoms with Gasteiger partial charge in [-0.05, 0) is 31.0 Å². The van der Waals surface area contributed by atoms with Crippen molar-refractivity contribution in [3.63, 3.8) is 0 Å². The second-order valence-electron chi connectivity index (χ2n) is 6.13. The van der Waals surface area contributed by atoms with Crippen molar-refractivity contribution >= 4 is 15.7 Å². The molecule has 0 bridgehead atoms. The van der Waals surface area contributed by atoms with Gasteiger partial charge in [-0.1, -0.05) is 6.07 Å². The molecule has 1 aromatic rings. The molecule has 0 aliphatic carbocycles. The number of sulfonamides is 1. The summed E-state index contributed by atoms with van der Waals surface area (Å²) in [5.74, 6) is -0.264. The highest BCUT2D eigenvalue weighted by Gasteiger charge is 2.42. The summed E-state index contributed by atoms with van der Waals surface area (Å²) in [5, 5.41) is 0. The van der Waals surface area contributed by atoms with Crippen molar-refractivity contribution < 1.29 is 17.5 Å². The third-order valence-corrected chi connectivity index (χ3v) is 5.64. The van der Waals surface area contributed by atoms with Crippen LogP contribution in [-0.2, 0) is 14.8 Å². The number of rotatable bonds is 2. The van der Waals surface area contributed by atoms with Crippen LogP contribution in [0, 0.1) is 5.82 Å². The summed E-state index contributed by atoms with van der Waals surface area (Å²) < 4.78 is 44.5. The van der Waals surface area contributed by atoms with Crippen LogP contribution < -0.4 is 4.90 Å². The van der Waals surface area contributed by atoms with Gasteiger partial charge in [-0.15, -0.1) is 0 Å². The summed E-state index contributed by atoms with van der Waals surface area (Å²) >= 11 is 0. The fraction of sp³-hybridized carbons (Fsp3) is 0.600. The lowest BCUT2D eigenvalue weighted by Gasteiger charge is -2.48. The Labute approximate surface area is 130 Å². The molecule has 0 N–H and O–H groups in total. The topological polar surface area (TPSA) is 49.9 Å². The maximum absolute atomic E-state index is 13.4. The molecule has 7 heteroatoms. The third-order valence-electron chi connectivity index (χ3n) is 4.40.